The highest BCUT2D eigenvalue weighted by atomic mass is 35.7. The number of methoxy groups -OCH3 is 1. The van der Waals surface area contributed by atoms with E-state index in [-0.39, 0.29) is 5.75 Å². The van der Waals surface area contributed by atoms with Crippen molar-refractivity contribution < 1.29 is 13.2 Å². The summed E-state index contributed by atoms with van der Waals surface area (Å²) in [5.41, 5.74) is 1.28. The lowest BCUT2D eigenvalue weighted by atomic mass is 10.1. The lowest BCUT2D eigenvalue weighted by Gasteiger charge is -2.08. The van der Waals surface area contributed by atoms with E-state index in [0.29, 0.717) is 16.3 Å². The van der Waals surface area contributed by atoms with Gasteiger partial charge in [0.25, 0.3) is 0 Å². The van der Waals surface area contributed by atoms with Crippen LogP contribution >= 0.6 is 22.3 Å². The first-order valence-corrected chi connectivity index (χ1v) is 6.94. The Kier molecular flexibility index (Phi) is 3.87. The highest BCUT2D eigenvalue weighted by Gasteiger charge is 2.13. The molecule has 0 saturated carbocycles. The summed E-state index contributed by atoms with van der Waals surface area (Å²) in [6.07, 6.45) is 0. The molecule has 0 heterocycles. The number of halogens is 2. The Morgan fingerprint density at radius 1 is 1.40 bits per heavy atom. The van der Waals surface area contributed by atoms with Crippen molar-refractivity contribution in [2.45, 2.75) is 12.7 Å². The highest BCUT2D eigenvalue weighted by molar-refractivity contribution is 8.13. The number of rotatable bonds is 3. The summed E-state index contributed by atoms with van der Waals surface area (Å²) in [4.78, 5) is 0. The Balaban J connectivity index is 3.19. The van der Waals surface area contributed by atoms with Crippen LogP contribution in [0, 0.1) is 6.92 Å². The van der Waals surface area contributed by atoms with Gasteiger partial charge in [0.1, 0.15) is 5.75 Å². The van der Waals surface area contributed by atoms with Crippen molar-refractivity contribution in [1.82, 2.24) is 0 Å². The van der Waals surface area contributed by atoms with Crippen LogP contribution in [0.2, 0.25) is 5.02 Å². The molecule has 3 nitrogen and oxygen atoms in total. The predicted octanol–water partition coefficient (Wildman–Crippen LogP) is 2.73. The van der Waals surface area contributed by atoms with E-state index in [9.17, 15) is 8.42 Å². The van der Waals surface area contributed by atoms with Gasteiger partial charge in [-0.2, -0.15) is 0 Å². The molecule has 84 valence electrons. The zero-order valence-corrected chi connectivity index (χ0v) is 10.6. The second kappa shape index (κ2) is 4.60. The van der Waals surface area contributed by atoms with Gasteiger partial charge < -0.3 is 4.74 Å². The second-order valence-electron chi connectivity index (χ2n) is 3.10. The minimum Gasteiger partial charge on any atom is -0.496 e. The average molecular weight is 269 g/mol. The van der Waals surface area contributed by atoms with Crippen molar-refractivity contribution in [2.75, 3.05) is 7.11 Å². The Labute approximate surface area is 98.4 Å². The number of hydrogen-bond donors (Lipinski definition) is 0. The Morgan fingerprint density at radius 3 is 2.47 bits per heavy atom. The minimum atomic E-state index is -3.61. The average Bonchev–Trinajstić information content (AvgIpc) is 2.07. The molecule has 0 amide bonds. The molecule has 1 aromatic carbocycles. The lowest BCUT2D eigenvalue weighted by molar-refractivity contribution is 0.411. The third-order valence-corrected chi connectivity index (χ3v) is 3.23. The summed E-state index contributed by atoms with van der Waals surface area (Å²) in [6, 6.07) is 3.23. The maximum atomic E-state index is 10.9. The first-order chi connectivity index (χ1) is 6.83. The van der Waals surface area contributed by atoms with Crippen molar-refractivity contribution in [1.29, 1.82) is 0 Å². The Bertz CT molecular complexity index is 468. The molecule has 0 fully saturated rings. The van der Waals surface area contributed by atoms with Gasteiger partial charge in [0.15, 0.2) is 0 Å². The normalized spacial score (nSPS) is 11.5. The fourth-order valence-electron chi connectivity index (χ4n) is 1.21. The van der Waals surface area contributed by atoms with Crippen LogP contribution in [0.25, 0.3) is 0 Å². The molecule has 0 N–H and O–H groups in total. The molecule has 0 bridgehead atoms. The Morgan fingerprint density at radius 2 is 2.00 bits per heavy atom. The number of aryl methyl sites for hydroxylation is 1. The second-order valence-corrected chi connectivity index (χ2v) is 6.28. The zero-order chi connectivity index (χ0) is 11.6. The van der Waals surface area contributed by atoms with Gasteiger partial charge in [-0.3, -0.25) is 0 Å². The first kappa shape index (κ1) is 12.6. The van der Waals surface area contributed by atoms with Crippen LogP contribution in [0.3, 0.4) is 0 Å². The largest absolute Gasteiger partial charge is 0.496 e. The van der Waals surface area contributed by atoms with Crippen molar-refractivity contribution in [2.24, 2.45) is 0 Å². The van der Waals surface area contributed by atoms with Crippen LogP contribution in [-0.4, -0.2) is 15.5 Å². The minimum absolute atomic E-state index is 0.302. The van der Waals surface area contributed by atoms with Crippen LogP contribution in [-0.2, 0) is 14.8 Å². The fourth-order valence-corrected chi connectivity index (χ4v) is 2.54. The third-order valence-electron chi connectivity index (χ3n) is 1.89. The molecule has 1 rings (SSSR count). The van der Waals surface area contributed by atoms with Crippen LogP contribution in [0.1, 0.15) is 11.1 Å². The van der Waals surface area contributed by atoms with E-state index in [1.54, 1.807) is 12.1 Å². The molecular formula is C9H10Cl2O3S. The lowest BCUT2D eigenvalue weighted by Crippen LogP contribution is -1.98. The highest BCUT2D eigenvalue weighted by Crippen LogP contribution is 2.28. The summed E-state index contributed by atoms with van der Waals surface area (Å²) < 4.78 is 26.9. The fraction of sp³-hybridized carbons (Fsp3) is 0.333. The Hall–Kier alpha value is -0.450. The van der Waals surface area contributed by atoms with E-state index in [2.05, 4.69) is 0 Å². The maximum absolute atomic E-state index is 10.9. The van der Waals surface area contributed by atoms with E-state index in [1.807, 2.05) is 6.92 Å². The smallest absolute Gasteiger partial charge is 0.236 e. The van der Waals surface area contributed by atoms with Gasteiger partial charge in [-0.05, 0) is 30.2 Å². The molecule has 0 aromatic heterocycles. The van der Waals surface area contributed by atoms with Crippen molar-refractivity contribution >= 4 is 31.3 Å². The SMILES string of the molecule is COc1cc(CS(=O)(=O)Cl)c(Cl)cc1C. The summed E-state index contributed by atoms with van der Waals surface area (Å²) in [6.45, 7) is 1.82. The van der Waals surface area contributed by atoms with Crippen molar-refractivity contribution in [3.63, 3.8) is 0 Å². The molecule has 1 aromatic rings. The molecule has 0 spiro atoms. The van der Waals surface area contributed by atoms with Crippen molar-refractivity contribution in [3.8, 4) is 5.75 Å². The maximum Gasteiger partial charge on any atom is 0.236 e. The van der Waals surface area contributed by atoms with E-state index in [1.165, 1.54) is 7.11 Å². The molecule has 0 aliphatic rings. The van der Waals surface area contributed by atoms with Crippen LogP contribution in [0.4, 0.5) is 0 Å². The van der Waals surface area contributed by atoms with Gasteiger partial charge in [-0.1, -0.05) is 11.6 Å². The molecule has 0 saturated heterocycles. The molecule has 0 aliphatic heterocycles. The van der Waals surface area contributed by atoms with Crippen molar-refractivity contribution in [3.05, 3.63) is 28.3 Å². The van der Waals surface area contributed by atoms with E-state index < -0.39 is 9.05 Å². The number of hydrogen-bond acceptors (Lipinski definition) is 3. The molecule has 0 unspecified atom stereocenters. The summed E-state index contributed by atoms with van der Waals surface area (Å²) >= 11 is 5.89. The van der Waals surface area contributed by atoms with E-state index >= 15 is 0 Å². The number of ether oxygens (including phenoxy) is 1. The molecule has 0 atom stereocenters. The quantitative estimate of drug-likeness (QED) is 0.792. The molecule has 15 heavy (non-hydrogen) atoms. The van der Waals surface area contributed by atoms with Crippen LogP contribution in [0.15, 0.2) is 12.1 Å². The zero-order valence-electron chi connectivity index (χ0n) is 8.25. The van der Waals surface area contributed by atoms with Gasteiger partial charge in [-0.15, -0.1) is 0 Å². The van der Waals surface area contributed by atoms with Gasteiger partial charge in [0.05, 0.1) is 12.9 Å². The van der Waals surface area contributed by atoms with Crippen LogP contribution < -0.4 is 4.74 Å². The molecule has 0 radical (unpaired) electrons. The summed E-state index contributed by atoms with van der Waals surface area (Å²) in [5.74, 6) is 0.291. The summed E-state index contributed by atoms with van der Waals surface area (Å²) in [5, 5.41) is 0.373. The molecule has 6 heteroatoms. The van der Waals surface area contributed by atoms with Gasteiger partial charge in [0.2, 0.25) is 9.05 Å². The summed E-state index contributed by atoms with van der Waals surface area (Å²) in [7, 11) is 3.05. The van der Waals surface area contributed by atoms with Crippen LogP contribution in [0.5, 0.6) is 5.75 Å². The van der Waals surface area contributed by atoms with Gasteiger partial charge in [0, 0.05) is 15.7 Å². The molecule has 0 aliphatic carbocycles. The number of benzene rings is 1. The standard InChI is InChI=1S/C9H10Cl2O3S/c1-6-3-8(10)7(4-9(6)14-2)5-15(11,12)13/h3-4H,5H2,1-2H3. The van der Waals surface area contributed by atoms with Gasteiger partial charge in [-0.25, -0.2) is 8.42 Å². The van der Waals surface area contributed by atoms with E-state index in [4.69, 9.17) is 27.0 Å². The predicted molar refractivity (Wildman–Crippen MR) is 61.2 cm³/mol. The van der Waals surface area contributed by atoms with E-state index in [0.717, 1.165) is 5.56 Å². The monoisotopic (exact) mass is 268 g/mol. The topological polar surface area (TPSA) is 43.4 Å². The molecular weight excluding hydrogens is 259 g/mol. The third kappa shape index (κ3) is 3.55. The van der Waals surface area contributed by atoms with Gasteiger partial charge >= 0.3 is 0 Å². The first-order valence-electron chi connectivity index (χ1n) is 4.09.